The van der Waals surface area contributed by atoms with E-state index in [1.54, 1.807) is 11.3 Å². The van der Waals surface area contributed by atoms with E-state index in [0.717, 1.165) is 18.7 Å². The van der Waals surface area contributed by atoms with Crippen LogP contribution < -0.4 is 5.32 Å². The Hall–Kier alpha value is -2.40. The van der Waals surface area contributed by atoms with E-state index in [1.165, 1.54) is 20.9 Å². The molecule has 0 unspecified atom stereocenters. The standard InChI is InChI=1S/C20H23N3OS/c1-4-23-19(17-12-14(2)25-15(17)3)13-18(22-23)20(24)21-11-10-16-8-6-5-7-9-16/h5-9,12-13H,4,10-11H2,1-3H3,(H,21,24). The molecule has 1 aromatic carbocycles. The van der Waals surface area contributed by atoms with Gasteiger partial charge in [0.15, 0.2) is 5.69 Å². The third kappa shape index (κ3) is 3.99. The Morgan fingerprint density at radius 2 is 1.96 bits per heavy atom. The van der Waals surface area contributed by atoms with Crippen molar-refractivity contribution in [3.05, 3.63) is 63.5 Å². The van der Waals surface area contributed by atoms with E-state index in [1.807, 2.05) is 35.9 Å². The zero-order chi connectivity index (χ0) is 17.8. The van der Waals surface area contributed by atoms with Gasteiger partial charge in [0.1, 0.15) is 0 Å². The van der Waals surface area contributed by atoms with Gasteiger partial charge < -0.3 is 5.32 Å². The van der Waals surface area contributed by atoms with E-state index >= 15 is 0 Å². The summed E-state index contributed by atoms with van der Waals surface area (Å²) in [6.07, 6.45) is 0.816. The molecular weight excluding hydrogens is 330 g/mol. The summed E-state index contributed by atoms with van der Waals surface area (Å²) in [4.78, 5) is 15.0. The zero-order valence-corrected chi connectivity index (χ0v) is 15.7. The molecule has 5 heteroatoms. The zero-order valence-electron chi connectivity index (χ0n) is 14.9. The van der Waals surface area contributed by atoms with Gasteiger partial charge in [-0.25, -0.2) is 0 Å². The third-order valence-corrected chi connectivity index (χ3v) is 5.14. The quantitative estimate of drug-likeness (QED) is 0.721. The average molecular weight is 353 g/mol. The van der Waals surface area contributed by atoms with Crippen LogP contribution in [0.5, 0.6) is 0 Å². The highest BCUT2D eigenvalue weighted by atomic mass is 32.1. The van der Waals surface area contributed by atoms with Crippen molar-refractivity contribution in [1.29, 1.82) is 0 Å². The van der Waals surface area contributed by atoms with Gasteiger partial charge in [-0.1, -0.05) is 30.3 Å². The SMILES string of the molecule is CCn1nc(C(=O)NCCc2ccccc2)cc1-c1cc(C)sc1C. The number of carbonyl (C=O) groups excluding carboxylic acids is 1. The molecule has 4 nitrogen and oxygen atoms in total. The van der Waals surface area contributed by atoms with Crippen LogP contribution in [0, 0.1) is 13.8 Å². The Labute approximate surface area is 152 Å². The minimum Gasteiger partial charge on any atom is -0.350 e. The maximum Gasteiger partial charge on any atom is 0.271 e. The average Bonchev–Trinajstić information content (AvgIpc) is 3.18. The largest absolute Gasteiger partial charge is 0.350 e. The van der Waals surface area contributed by atoms with Gasteiger partial charge in [0.05, 0.1) is 5.69 Å². The Morgan fingerprint density at radius 3 is 2.60 bits per heavy atom. The predicted molar refractivity (Wildman–Crippen MR) is 103 cm³/mol. The summed E-state index contributed by atoms with van der Waals surface area (Å²) < 4.78 is 1.90. The van der Waals surface area contributed by atoms with Crippen molar-refractivity contribution in [2.75, 3.05) is 6.54 Å². The maximum absolute atomic E-state index is 12.5. The number of aryl methyl sites for hydroxylation is 3. The van der Waals surface area contributed by atoms with Gasteiger partial charge in [0.25, 0.3) is 5.91 Å². The number of hydrogen-bond donors (Lipinski definition) is 1. The highest BCUT2D eigenvalue weighted by Gasteiger charge is 2.17. The fourth-order valence-corrected chi connectivity index (χ4v) is 3.86. The van der Waals surface area contributed by atoms with Gasteiger partial charge in [-0.3, -0.25) is 9.48 Å². The molecule has 0 saturated carbocycles. The van der Waals surface area contributed by atoms with E-state index in [9.17, 15) is 4.79 Å². The molecular formula is C20H23N3OS. The Balaban J connectivity index is 1.72. The van der Waals surface area contributed by atoms with Crippen molar-refractivity contribution in [2.45, 2.75) is 33.7 Å². The number of nitrogens with one attached hydrogen (secondary N) is 1. The predicted octanol–water partition coefficient (Wildman–Crippen LogP) is 4.22. The topological polar surface area (TPSA) is 46.9 Å². The van der Waals surface area contributed by atoms with E-state index in [4.69, 9.17) is 0 Å². The summed E-state index contributed by atoms with van der Waals surface area (Å²) in [5.41, 5.74) is 3.87. The summed E-state index contributed by atoms with van der Waals surface area (Å²) in [6.45, 7) is 7.60. The second kappa shape index (κ2) is 7.66. The van der Waals surface area contributed by atoms with Crippen LogP contribution in [0.4, 0.5) is 0 Å². The van der Waals surface area contributed by atoms with Crippen LogP contribution in [-0.2, 0) is 13.0 Å². The number of benzene rings is 1. The molecule has 2 heterocycles. The number of aromatic nitrogens is 2. The minimum atomic E-state index is -0.117. The molecule has 0 aliphatic heterocycles. The molecule has 3 aromatic rings. The molecule has 25 heavy (non-hydrogen) atoms. The Kier molecular flexibility index (Phi) is 5.34. The highest BCUT2D eigenvalue weighted by Crippen LogP contribution is 2.31. The second-order valence-corrected chi connectivity index (χ2v) is 7.51. The summed E-state index contributed by atoms with van der Waals surface area (Å²) in [5, 5.41) is 7.46. The van der Waals surface area contributed by atoms with Crippen LogP contribution in [0.3, 0.4) is 0 Å². The number of amides is 1. The van der Waals surface area contributed by atoms with Crippen molar-refractivity contribution in [1.82, 2.24) is 15.1 Å². The first kappa shape index (κ1) is 17.4. The van der Waals surface area contributed by atoms with Crippen molar-refractivity contribution in [2.24, 2.45) is 0 Å². The minimum absolute atomic E-state index is 0.117. The van der Waals surface area contributed by atoms with E-state index in [2.05, 4.69) is 42.5 Å². The molecule has 0 fully saturated rings. The fourth-order valence-electron chi connectivity index (χ4n) is 2.93. The number of rotatable bonds is 6. The van der Waals surface area contributed by atoms with E-state index in [0.29, 0.717) is 12.2 Å². The first-order valence-electron chi connectivity index (χ1n) is 8.56. The Morgan fingerprint density at radius 1 is 1.20 bits per heavy atom. The number of nitrogens with zero attached hydrogens (tertiary/aromatic N) is 2. The maximum atomic E-state index is 12.5. The van der Waals surface area contributed by atoms with E-state index in [-0.39, 0.29) is 5.91 Å². The van der Waals surface area contributed by atoms with Crippen LogP contribution in [-0.4, -0.2) is 22.2 Å². The number of hydrogen-bond acceptors (Lipinski definition) is 3. The molecule has 1 amide bonds. The van der Waals surface area contributed by atoms with E-state index < -0.39 is 0 Å². The van der Waals surface area contributed by atoms with Gasteiger partial charge >= 0.3 is 0 Å². The molecule has 2 aromatic heterocycles. The van der Waals surface area contributed by atoms with Gasteiger partial charge in [-0.15, -0.1) is 11.3 Å². The van der Waals surface area contributed by atoms with Gasteiger partial charge in [-0.05, 0) is 44.9 Å². The van der Waals surface area contributed by atoms with Crippen LogP contribution in [0.2, 0.25) is 0 Å². The van der Waals surface area contributed by atoms with Crippen LogP contribution in [0.25, 0.3) is 11.3 Å². The second-order valence-electron chi connectivity index (χ2n) is 6.05. The molecule has 130 valence electrons. The molecule has 0 atom stereocenters. The fraction of sp³-hybridized carbons (Fsp3) is 0.300. The Bertz CT molecular complexity index is 864. The van der Waals surface area contributed by atoms with Gasteiger partial charge in [0, 0.05) is 28.4 Å². The van der Waals surface area contributed by atoms with Crippen LogP contribution in [0.1, 0.15) is 32.7 Å². The smallest absolute Gasteiger partial charge is 0.271 e. The summed E-state index contributed by atoms with van der Waals surface area (Å²) in [6, 6.07) is 14.2. The lowest BCUT2D eigenvalue weighted by atomic mass is 10.1. The highest BCUT2D eigenvalue weighted by molar-refractivity contribution is 7.12. The molecule has 0 saturated heterocycles. The number of carbonyl (C=O) groups is 1. The first-order valence-corrected chi connectivity index (χ1v) is 9.37. The molecule has 3 rings (SSSR count). The molecule has 0 aliphatic carbocycles. The molecule has 0 spiro atoms. The van der Waals surface area contributed by atoms with Crippen molar-refractivity contribution < 1.29 is 4.79 Å². The molecule has 0 radical (unpaired) electrons. The van der Waals surface area contributed by atoms with Crippen molar-refractivity contribution >= 4 is 17.2 Å². The monoisotopic (exact) mass is 353 g/mol. The van der Waals surface area contributed by atoms with Crippen LogP contribution >= 0.6 is 11.3 Å². The van der Waals surface area contributed by atoms with Gasteiger partial charge in [0.2, 0.25) is 0 Å². The molecule has 0 aliphatic rings. The first-order chi connectivity index (χ1) is 12.1. The summed E-state index contributed by atoms with van der Waals surface area (Å²) in [7, 11) is 0. The van der Waals surface area contributed by atoms with Gasteiger partial charge in [-0.2, -0.15) is 5.10 Å². The van der Waals surface area contributed by atoms with Crippen molar-refractivity contribution in [3.8, 4) is 11.3 Å². The molecule has 0 bridgehead atoms. The number of thiophene rings is 1. The molecule has 1 N–H and O–H groups in total. The normalized spacial score (nSPS) is 10.8. The lowest BCUT2D eigenvalue weighted by Crippen LogP contribution is -2.26. The lowest BCUT2D eigenvalue weighted by Gasteiger charge is -2.03. The van der Waals surface area contributed by atoms with Crippen molar-refractivity contribution in [3.63, 3.8) is 0 Å². The summed E-state index contributed by atoms with van der Waals surface area (Å²) in [5.74, 6) is -0.117. The summed E-state index contributed by atoms with van der Waals surface area (Å²) >= 11 is 1.77. The van der Waals surface area contributed by atoms with Crippen LogP contribution in [0.15, 0.2) is 42.5 Å². The third-order valence-electron chi connectivity index (χ3n) is 4.17. The lowest BCUT2D eigenvalue weighted by molar-refractivity contribution is 0.0948.